The van der Waals surface area contributed by atoms with E-state index in [9.17, 15) is 34.5 Å². The van der Waals surface area contributed by atoms with Crippen molar-refractivity contribution >= 4 is 23.5 Å². The van der Waals surface area contributed by atoms with Gasteiger partial charge in [0.25, 0.3) is 0 Å². The predicted octanol–water partition coefficient (Wildman–Crippen LogP) is -2.02. The number of ketones is 2. The molecule has 0 amide bonds. The van der Waals surface area contributed by atoms with E-state index in [0.29, 0.717) is 24.8 Å². The summed E-state index contributed by atoms with van der Waals surface area (Å²) in [5, 5.41) is 33.6. The average Bonchev–Trinajstić information content (AvgIpc) is 2.99. The Kier molecular flexibility index (Phi) is 7.88. The molecule has 8 atom stereocenters. The molecule has 10 heteroatoms. The van der Waals surface area contributed by atoms with Crippen LogP contribution in [0.25, 0.3) is 0 Å². The molecule has 4 aliphatic carbocycles. The van der Waals surface area contributed by atoms with Gasteiger partial charge < -0.3 is 24.9 Å². The molecule has 36 heavy (non-hydrogen) atoms. The number of esters is 1. The van der Waals surface area contributed by atoms with E-state index in [1.807, 2.05) is 0 Å². The topological polar surface area (TPSA) is 141 Å². The molecule has 0 unspecified atom stereocenters. The summed E-state index contributed by atoms with van der Waals surface area (Å²) < 4.78 is 22.0. The van der Waals surface area contributed by atoms with Crippen LogP contribution in [0.1, 0.15) is 59.3 Å². The molecule has 0 aliphatic heterocycles. The van der Waals surface area contributed by atoms with E-state index in [0.717, 1.165) is 0 Å². The van der Waals surface area contributed by atoms with Crippen molar-refractivity contribution < 1.29 is 73.2 Å². The van der Waals surface area contributed by atoms with Gasteiger partial charge >= 0.3 is 35.5 Å². The third kappa shape index (κ3) is 3.97. The van der Waals surface area contributed by atoms with Crippen LogP contribution in [0.15, 0.2) is 23.8 Å². The zero-order chi connectivity index (χ0) is 26.0. The molecule has 0 aromatic carbocycles. The summed E-state index contributed by atoms with van der Waals surface area (Å²) in [6.45, 7) is 4.34. The SMILES string of the molecule is C[C@@H]1C[C@H]2[C@@H]3CCC4=CC(=O)C=C[C@]4(C)[C@@]3(F)[C@@H](O)C[C@]2(C)[C@@]1(O)C(=O)COC(=O)CCC(=O)[O-].[Na+]. The summed E-state index contributed by atoms with van der Waals surface area (Å²) in [4.78, 5) is 47.6. The van der Waals surface area contributed by atoms with E-state index in [2.05, 4.69) is 0 Å². The number of Topliss-reactive ketones (excluding diaryl/α,β-unsaturated/α-hetero) is 1. The standard InChI is InChI=1S/C26H33FO8.Na/c1-14-10-18-17-5-4-15-11-16(28)8-9-23(15,2)25(17,27)19(29)12-24(18,3)26(14,34)20(30)13-35-22(33)7-6-21(31)32;/h8-9,11,14,17-19,29,34H,4-7,10,12-13H2,1-3H3,(H,31,32);/q;+1/p-1/t14-,17+,18+,19+,23+,24+,25+,26+;/m1./s1. The second-order valence-electron chi connectivity index (χ2n) is 11.1. The Balaban J connectivity index is 0.00000361. The van der Waals surface area contributed by atoms with Gasteiger partial charge in [0.2, 0.25) is 5.78 Å². The van der Waals surface area contributed by atoms with Crippen molar-refractivity contribution in [2.45, 2.75) is 76.7 Å². The summed E-state index contributed by atoms with van der Waals surface area (Å²) in [6, 6.07) is 0. The number of carbonyl (C=O) groups excluding carboxylic acids is 4. The van der Waals surface area contributed by atoms with Crippen molar-refractivity contribution in [3.63, 3.8) is 0 Å². The summed E-state index contributed by atoms with van der Waals surface area (Å²) in [6.07, 6.45) is 2.82. The van der Waals surface area contributed by atoms with Crippen LogP contribution in [0.5, 0.6) is 0 Å². The molecule has 0 bridgehead atoms. The number of allylic oxidation sites excluding steroid dienone is 4. The fourth-order valence-corrected chi connectivity index (χ4v) is 7.67. The van der Waals surface area contributed by atoms with Crippen molar-refractivity contribution in [1.29, 1.82) is 0 Å². The summed E-state index contributed by atoms with van der Waals surface area (Å²) >= 11 is 0. The Bertz CT molecular complexity index is 1040. The number of aliphatic hydroxyl groups excluding tert-OH is 1. The smallest absolute Gasteiger partial charge is 0.550 e. The first kappa shape index (κ1) is 29.2. The molecule has 3 saturated carbocycles. The average molecular weight is 515 g/mol. The van der Waals surface area contributed by atoms with Crippen LogP contribution < -0.4 is 34.7 Å². The minimum Gasteiger partial charge on any atom is -0.550 e. The number of rotatable bonds is 6. The third-order valence-electron chi connectivity index (χ3n) is 9.55. The number of hydrogen-bond acceptors (Lipinski definition) is 8. The molecule has 192 valence electrons. The second kappa shape index (κ2) is 9.73. The van der Waals surface area contributed by atoms with Gasteiger partial charge in [-0.15, -0.1) is 0 Å². The molecule has 2 N–H and O–H groups in total. The molecule has 0 saturated heterocycles. The van der Waals surface area contributed by atoms with Gasteiger partial charge in [0.05, 0.1) is 12.5 Å². The first-order valence-corrected chi connectivity index (χ1v) is 12.1. The normalized spacial score (nSPS) is 42.8. The summed E-state index contributed by atoms with van der Waals surface area (Å²) in [7, 11) is 0. The molecule has 0 aromatic heterocycles. The minimum absolute atomic E-state index is 0. The van der Waals surface area contributed by atoms with E-state index in [4.69, 9.17) is 4.74 Å². The van der Waals surface area contributed by atoms with Gasteiger partial charge in [-0.05, 0) is 63.0 Å². The van der Waals surface area contributed by atoms with Crippen LogP contribution in [-0.4, -0.2) is 57.7 Å². The minimum atomic E-state index is -2.08. The molecule has 4 rings (SSSR count). The van der Waals surface area contributed by atoms with Crippen LogP contribution in [0, 0.1) is 28.6 Å². The number of aliphatic hydroxyl groups is 2. The maximum atomic E-state index is 17.1. The Morgan fingerprint density at radius 1 is 1.22 bits per heavy atom. The van der Waals surface area contributed by atoms with E-state index in [-0.39, 0.29) is 41.8 Å². The van der Waals surface area contributed by atoms with Crippen LogP contribution in [0.3, 0.4) is 0 Å². The number of carbonyl (C=O) groups is 4. The fraction of sp³-hybridized carbons (Fsp3) is 0.692. The first-order valence-electron chi connectivity index (χ1n) is 12.1. The molecule has 4 aliphatic rings. The summed E-state index contributed by atoms with van der Waals surface area (Å²) in [5.41, 5.74) is -5.75. The second-order valence-corrected chi connectivity index (χ2v) is 11.1. The van der Waals surface area contributed by atoms with Gasteiger partial charge in [-0.2, -0.15) is 0 Å². The molecular formula is C26H32FNaO8. The number of aliphatic carboxylic acids is 1. The Morgan fingerprint density at radius 2 is 1.89 bits per heavy atom. The molecule has 0 aromatic rings. The van der Waals surface area contributed by atoms with Gasteiger partial charge in [0.1, 0.15) is 5.60 Å². The number of fused-ring (bicyclic) bond motifs is 5. The molecule has 8 nitrogen and oxygen atoms in total. The van der Waals surface area contributed by atoms with E-state index in [1.54, 1.807) is 26.8 Å². The van der Waals surface area contributed by atoms with E-state index in [1.165, 1.54) is 12.2 Å². The Hall–Kier alpha value is -1.39. The van der Waals surface area contributed by atoms with Gasteiger partial charge in [-0.25, -0.2) is 4.39 Å². The zero-order valence-electron chi connectivity index (χ0n) is 21.2. The Labute approximate surface area is 231 Å². The molecule has 0 spiro atoms. The Morgan fingerprint density at radius 3 is 2.53 bits per heavy atom. The number of halogens is 1. The number of hydrogen-bond donors (Lipinski definition) is 2. The van der Waals surface area contributed by atoms with Crippen LogP contribution in [-0.2, 0) is 23.9 Å². The van der Waals surface area contributed by atoms with Gasteiger partial charge in [0, 0.05) is 22.7 Å². The fourth-order valence-electron chi connectivity index (χ4n) is 7.67. The van der Waals surface area contributed by atoms with E-state index >= 15 is 4.39 Å². The molecule has 3 fully saturated rings. The van der Waals surface area contributed by atoms with Crippen LogP contribution in [0.2, 0.25) is 0 Å². The molecule has 0 heterocycles. The van der Waals surface area contributed by atoms with Crippen LogP contribution >= 0.6 is 0 Å². The van der Waals surface area contributed by atoms with Gasteiger partial charge in [-0.1, -0.05) is 25.5 Å². The molecule has 0 radical (unpaired) electrons. The number of alkyl halides is 1. The van der Waals surface area contributed by atoms with Crippen molar-refractivity contribution in [2.75, 3.05) is 6.61 Å². The first-order chi connectivity index (χ1) is 16.2. The quantitative estimate of drug-likeness (QED) is 0.306. The largest absolute Gasteiger partial charge is 1.00 e. The van der Waals surface area contributed by atoms with E-state index < -0.39 is 83.1 Å². The maximum Gasteiger partial charge on any atom is 1.00 e. The third-order valence-corrected chi connectivity index (χ3v) is 9.55. The summed E-state index contributed by atoms with van der Waals surface area (Å²) in [5.74, 6) is -4.96. The maximum absolute atomic E-state index is 17.1. The monoisotopic (exact) mass is 514 g/mol. The van der Waals surface area contributed by atoms with Crippen LogP contribution in [0.4, 0.5) is 4.39 Å². The number of carboxylic acids is 1. The predicted molar refractivity (Wildman–Crippen MR) is 118 cm³/mol. The number of ether oxygens (including phenoxy) is 1. The molecular weight excluding hydrogens is 482 g/mol. The van der Waals surface area contributed by atoms with Crippen molar-refractivity contribution in [3.8, 4) is 0 Å². The van der Waals surface area contributed by atoms with Crippen molar-refractivity contribution in [1.82, 2.24) is 0 Å². The van der Waals surface area contributed by atoms with Gasteiger partial charge in [0.15, 0.2) is 18.1 Å². The van der Waals surface area contributed by atoms with Crippen molar-refractivity contribution in [2.24, 2.45) is 28.6 Å². The van der Waals surface area contributed by atoms with Crippen molar-refractivity contribution in [3.05, 3.63) is 23.8 Å². The number of carboxylic acid groups (broad SMARTS) is 1. The van der Waals surface area contributed by atoms with Gasteiger partial charge in [-0.3, -0.25) is 14.4 Å². The zero-order valence-corrected chi connectivity index (χ0v) is 23.2.